The quantitative estimate of drug-likeness (QED) is 0.809. The van der Waals surface area contributed by atoms with Gasteiger partial charge in [-0.05, 0) is 55.0 Å². The number of hydrogen-bond acceptors (Lipinski definition) is 3. The van der Waals surface area contributed by atoms with Gasteiger partial charge in [0.1, 0.15) is 12.2 Å². The Morgan fingerprint density at radius 3 is 2.50 bits per heavy atom. The molecule has 0 radical (unpaired) electrons. The SMILES string of the molecule is CC(C)NC(=O)O[C@@H](C)[C@@H](O)c1ccccc1I. The smallest absolute Gasteiger partial charge is 0.407 e. The second-order valence-electron chi connectivity index (χ2n) is 4.38. The molecule has 1 rings (SSSR count). The summed E-state index contributed by atoms with van der Waals surface area (Å²) in [5.74, 6) is 0. The lowest BCUT2D eigenvalue weighted by Gasteiger charge is -2.21. The van der Waals surface area contributed by atoms with Gasteiger partial charge >= 0.3 is 6.09 Å². The lowest BCUT2D eigenvalue weighted by atomic mass is 10.1. The maximum Gasteiger partial charge on any atom is 0.407 e. The van der Waals surface area contributed by atoms with Crippen LogP contribution in [0, 0.1) is 3.57 Å². The fraction of sp³-hybridized carbons (Fsp3) is 0.462. The van der Waals surface area contributed by atoms with Crippen molar-refractivity contribution in [3.63, 3.8) is 0 Å². The number of hydrogen-bond donors (Lipinski definition) is 2. The number of halogens is 1. The molecule has 1 aromatic carbocycles. The zero-order valence-electron chi connectivity index (χ0n) is 10.7. The van der Waals surface area contributed by atoms with Gasteiger partial charge in [-0.15, -0.1) is 0 Å². The summed E-state index contributed by atoms with van der Waals surface area (Å²) in [6, 6.07) is 7.49. The average molecular weight is 363 g/mol. The summed E-state index contributed by atoms with van der Waals surface area (Å²) in [4.78, 5) is 11.4. The van der Waals surface area contributed by atoms with Crippen molar-refractivity contribution in [1.82, 2.24) is 5.32 Å². The molecule has 18 heavy (non-hydrogen) atoms. The van der Waals surface area contributed by atoms with Gasteiger partial charge < -0.3 is 15.2 Å². The maximum absolute atomic E-state index is 11.4. The maximum atomic E-state index is 11.4. The highest BCUT2D eigenvalue weighted by Gasteiger charge is 2.22. The van der Waals surface area contributed by atoms with Gasteiger partial charge in [-0.2, -0.15) is 0 Å². The monoisotopic (exact) mass is 363 g/mol. The number of ether oxygens (including phenoxy) is 1. The fourth-order valence-corrected chi connectivity index (χ4v) is 2.18. The number of rotatable bonds is 4. The van der Waals surface area contributed by atoms with Crippen molar-refractivity contribution in [1.29, 1.82) is 0 Å². The molecule has 0 saturated heterocycles. The zero-order valence-corrected chi connectivity index (χ0v) is 12.8. The Bertz CT molecular complexity index is 409. The summed E-state index contributed by atoms with van der Waals surface area (Å²) in [5.41, 5.74) is 0.767. The first-order chi connectivity index (χ1) is 8.41. The molecule has 2 N–H and O–H groups in total. The van der Waals surface area contributed by atoms with E-state index in [2.05, 4.69) is 27.9 Å². The van der Waals surface area contributed by atoms with Crippen LogP contribution < -0.4 is 5.32 Å². The molecule has 1 amide bonds. The van der Waals surface area contributed by atoms with Crippen LogP contribution in [-0.2, 0) is 4.74 Å². The fourth-order valence-electron chi connectivity index (χ4n) is 1.47. The van der Waals surface area contributed by atoms with E-state index in [0.29, 0.717) is 0 Å². The van der Waals surface area contributed by atoms with Crippen molar-refractivity contribution in [2.75, 3.05) is 0 Å². The van der Waals surface area contributed by atoms with Crippen LogP contribution in [0.2, 0.25) is 0 Å². The third-order valence-corrected chi connectivity index (χ3v) is 3.35. The van der Waals surface area contributed by atoms with Crippen LogP contribution in [0.25, 0.3) is 0 Å². The van der Waals surface area contributed by atoms with E-state index in [1.807, 2.05) is 38.1 Å². The van der Waals surface area contributed by atoms with Gasteiger partial charge in [0.05, 0.1) is 0 Å². The topological polar surface area (TPSA) is 58.6 Å². The van der Waals surface area contributed by atoms with Crippen LogP contribution in [0.15, 0.2) is 24.3 Å². The first-order valence-electron chi connectivity index (χ1n) is 5.81. The Morgan fingerprint density at radius 1 is 1.33 bits per heavy atom. The summed E-state index contributed by atoms with van der Waals surface area (Å²) < 4.78 is 6.08. The van der Waals surface area contributed by atoms with Crippen LogP contribution in [-0.4, -0.2) is 23.3 Å². The van der Waals surface area contributed by atoms with Crippen LogP contribution in [0.5, 0.6) is 0 Å². The van der Waals surface area contributed by atoms with Gasteiger partial charge in [-0.1, -0.05) is 18.2 Å². The van der Waals surface area contributed by atoms with E-state index in [0.717, 1.165) is 9.13 Å². The van der Waals surface area contributed by atoms with Crippen molar-refractivity contribution in [3.05, 3.63) is 33.4 Å². The first kappa shape index (κ1) is 15.2. The van der Waals surface area contributed by atoms with E-state index < -0.39 is 18.3 Å². The highest BCUT2D eigenvalue weighted by Crippen LogP contribution is 2.23. The Labute approximate surface area is 121 Å². The summed E-state index contributed by atoms with van der Waals surface area (Å²) in [5, 5.41) is 12.8. The molecule has 0 heterocycles. The Morgan fingerprint density at radius 2 is 1.94 bits per heavy atom. The van der Waals surface area contributed by atoms with E-state index in [1.165, 1.54) is 0 Å². The second kappa shape index (κ2) is 6.94. The summed E-state index contributed by atoms with van der Waals surface area (Å²) in [6.07, 6.45) is -1.93. The van der Waals surface area contributed by atoms with Gasteiger partial charge in [0.2, 0.25) is 0 Å². The van der Waals surface area contributed by atoms with E-state index >= 15 is 0 Å². The van der Waals surface area contributed by atoms with Gasteiger partial charge in [-0.3, -0.25) is 0 Å². The number of aliphatic hydroxyl groups excluding tert-OH is 1. The molecule has 0 aliphatic carbocycles. The van der Waals surface area contributed by atoms with E-state index in [4.69, 9.17) is 4.74 Å². The van der Waals surface area contributed by atoms with E-state index in [1.54, 1.807) is 6.92 Å². The van der Waals surface area contributed by atoms with Gasteiger partial charge in [0, 0.05) is 9.61 Å². The van der Waals surface area contributed by atoms with Crippen LogP contribution in [0.1, 0.15) is 32.4 Å². The predicted octanol–water partition coefficient (Wildman–Crippen LogP) is 2.85. The first-order valence-corrected chi connectivity index (χ1v) is 6.89. The van der Waals surface area contributed by atoms with E-state index in [-0.39, 0.29) is 6.04 Å². The standard InChI is InChI=1S/C13H18INO3/c1-8(2)15-13(17)18-9(3)12(16)10-6-4-5-7-11(10)14/h4-9,12,16H,1-3H3,(H,15,17)/t9-,12+/m0/s1. The molecule has 0 aliphatic rings. The Balaban J connectivity index is 2.64. The molecule has 5 heteroatoms. The van der Waals surface area contributed by atoms with Crippen molar-refractivity contribution in [2.45, 2.75) is 39.0 Å². The molecule has 0 aliphatic heterocycles. The molecule has 1 aromatic rings. The van der Waals surface area contributed by atoms with Crippen molar-refractivity contribution < 1.29 is 14.6 Å². The summed E-state index contributed by atoms with van der Waals surface area (Å²) >= 11 is 2.15. The van der Waals surface area contributed by atoms with Crippen LogP contribution in [0.3, 0.4) is 0 Å². The normalized spacial score (nSPS) is 14.1. The molecule has 2 atom stereocenters. The second-order valence-corrected chi connectivity index (χ2v) is 5.54. The number of benzene rings is 1. The van der Waals surface area contributed by atoms with Crippen LogP contribution >= 0.6 is 22.6 Å². The van der Waals surface area contributed by atoms with Crippen molar-refractivity contribution in [2.24, 2.45) is 0 Å². The average Bonchev–Trinajstić information content (AvgIpc) is 2.27. The highest BCUT2D eigenvalue weighted by atomic mass is 127. The minimum absolute atomic E-state index is 0.0127. The largest absolute Gasteiger partial charge is 0.443 e. The number of amides is 1. The number of carbonyl (C=O) groups is 1. The number of aliphatic hydroxyl groups is 1. The number of nitrogens with one attached hydrogen (secondary N) is 1. The zero-order chi connectivity index (χ0) is 13.7. The van der Waals surface area contributed by atoms with Gasteiger partial charge in [0.15, 0.2) is 0 Å². The van der Waals surface area contributed by atoms with Gasteiger partial charge in [0.25, 0.3) is 0 Å². The predicted molar refractivity (Wildman–Crippen MR) is 78.3 cm³/mol. The molecule has 0 unspecified atom stereocenters. The number of alkyl carbamates (subject to hydrolysis) is 1. The highest BCUT2D eigenvalue weighted by molar-refractivity contribution is 14.1. The molecule has 0 bridgehead atoms. The Kier molecular flexibility index (Phi) is 5.87. The van der Waals surface area contributed by atoms with Crippen LogP contribution in [0.4, 0.5) is 4.79 Å². The Hall–Kier alpha value is -0.820. The molecular formula is C13H18INO3. The molecular weight excluding hydrogens is 345 g/mol. The number of carbonyl (C=O) groups excluding carboxylic acids is 1. The molecule has 100 valence electrons. The minimum Gasteiger partial charge on any atom is -0.443 e. The summed E-state index contributed by atoms with van der Waals surface area (Å²) in [6.45, 7) is 5.37. The molecule has 4 nitrogen and oxygen atoms in total. The van der Waals surface area contributed by atoms with E-state index in [9.17, 15) is 9.90 Å². The molecule has 0 aromatic heterocycles. The molecule has 0 fully saturated rings. The third-order valence-electron chi connectivity index (χ3n) is 2.37. The summed E-state index contributed by atoms with van der Waals surface area (Å²) in [7, 11) is 0. The molecule has 0 spiro atoms. The van der Waals surface area contributed by atoms with Crippen molar-refractivity contribution >= 4 is 28.7 Å². The lowest BCUT2D eigenvalue weighted by molar-refractivity contribution is 0.0108. The molecule has 0 saturated carbocycles. The third kappa shape index (κ3) is 4.45. The lowest BCUT2D eigenvalue weighted by Crippen LogP contribution is -2.34. The van der Waals surface area contributed by atoms with Gasteiger partial charge in [-0.25, -0.2) is 4.79 Å². The minimum atomic E-state index is -0.823. The van der Waals surface area contributed by atoms with Crippen molar-refractivity contribution in [3.8, 4) is 0 Å².